The van der Waals surface area contributed by atoms with Crippen molar-refractivity contribution < 1.29 is 9.59 Å². The van der Waals surface area contributed by atoms with Crippen LogP contribution in [0.5, 0.6) is 0 Å². The summed E-state index contributed by atoms with van der Waals surface area (Å²) in [5, 5.41) is 8.31. The first-order chi connectivity index (χ1) is 14.5. The molecule has 0 radical (unpaired) electrons. The Morgan fingerprint density at radius 2 is 1.80 bits per heavy atom. The van der Waals surface area contributed by atoms with Gasteiger partial charge >= 0.3 is 6.03 Å². The third kappa shape index (κ3) is 6.70. The van der Waals surface area contributed by atoms with Crippen LogP contribution in [0.2, 0.25) is 0 Å². The van der Waals surface area contributed by atoms with E-state index < -0.39 is 0 Å². The van der Waals surface area contributed by atoms with E-state index in [4.69, 9.17) is 0 Å². The van der Waals surface area contributed by atoms with Crippen LogP contribution in [-0.4, -0.2) is 68.1 Å². The molecule has 9 heteroatoms. The van der Waals surface area contributed by atoms with Crippen molar-refractivity contribution in [1.82, 2.24) is 25.8 Å². The summed E-state index contributed by atoms with van der Waals surface area (Å²) in [5.74, 6) is 0.794. The predicted molar refractivity (Wildman–Crippen MR) is 121 cm³/mol. The van der Waals surface area contributed by atoms with Crippen LogP contribution in [0.3, 0.4) is 0 Å². The highest BCUT2D eigenvalue weighted by Crippen LogP contribution is 2.13. The predicted octanol–water partition coefficient (Wildman–Crippen LogP) is 1.83. The fraction of sp³-hybridized carbons (Fsp3) is 0.381. The van der Waals surface area contributed by atoms with Crippen LogP contribution in [0.1, 0.15) is 15.9 Å². The molecule has 3 amide bonds. The molecule has 1 saturated heterocycles. The Balaban J connectivity index is 1.33. The second kappa shape index (κ2) is 10.9. The average molecular weight is 475 g/mol. The summed E-state index contributed by atoms with van der Waals surface area (Å²) < 4.78 is 0.846. The lowest BCUT2D eigenvalue weighted by Gasteiger charge is -2.33. The molecule has 8 nitrogen and oxygen atoms in total. The first kappa shape index (κ1) is 22.0. The van der Waals surface area contributed by atoms with Crippen molar-refractivity contribution in [3.63, 3.8) is 0 Å². The SMILES string of the molecule is CN1CCN(c2ccc(CNC(=O)NCCNC(=O)c3cccc(Br)c3)cn2)CC1. The van der Waals surface area contributed by atoms with Crippen LogP contribution in [-0.2, 0) is 6.54 Å². The highest BCUT2D eigenvalue weighted by Gasteiger charge is 2.15. The van der Waals surface area contributed by atoms with Gasteiger partial charge in [0.2, 0.25) is 0 Å². The molecule has 160 valence electrons. The molecule has 1 aromatic carbocycles. The molecular weight excluding hydrogens is 448 g/mol. The van der Waals surface area contributed by atoms with Crippen molar-refractivity contribution in [3.8, 4) is 0 Å². The smallest absolute Gasteiger partial charge is 0.315 e. The Labute approximate surface area is 185 Å². The molecule has 30 heavy (non-hydrogen) atoms. The molecule has 0 unspecified atom stereocenters. The number of benzene rings is 1. The second-order valence-electron chi connectivity index (χ2n) is 7.19. The number of amides is 3. The molecule has 1 fully saturated rings. The normalized spacial score (nSPS) is 14.3. The molecular formula is C21H27BrN6O2. The van der Waals surface area contributed by atoms with Gasteiger partial charge in [-0.1, -0.05) is 28.1 Å². The summed E-state index contributed by atoms with van der Waals surface area (Å²) in [5.41, 5.74) is 1.51. The van der Waals surface area contributed by atoms with E-state index in [1.807, 2.05) is 18.2 Å². The van der Waals surface area contributed by atoms with E-state index in [9.17, 15) is 9.59 Å². The molecule has 3 N–H and O–H groups in total. The van der Waals surface area contributed by atoms with E-state index in [0.29, 0.717) is 25.2 Å². The van der Waals surface area contributed by atoms with Crippen molar-refractivity contribution >= 4 is 33.7 Å². The van der Waals surface area contributed by atoms with Crippen molar-refractivity contribution in [2.45, 2.75) is 6.54 Å². The van der Waals surface area contributed by atoms with Gasteiger partial charge in [-0.25, -0.2) is 9.78 Å². The standard InChI is InChI=1S/C21H27BrN6O2/c1-27-9-11-28(12-10-27)19-6-5-16(14-25-19)15-26-21(30)24-8-7-23-20(29)17-3-2-4-18(22)13-17/h2-6,13-14H,7-12,15H2,1H3,(H,23,29)(H2,24,26,30). The Hall–Kier alpha value is -2.65. The Bertz CT molecular complexity index is 853. The van der Waals surface area contributed by atoms with Gasteiger partial charge in [-0.05, 0) is 36.9 Å². The number of pyridine rings is 1. The monoisotopic (exact) mass is 474 g/mol. The minimum Gasteiger partial charge on any atom is -0.354 e. The number of carbonyl (C=O) groups excluding carboxylic acids is 2. The zero-order valence-electron chi connectivity index (χ0n) is 17.0. The summed E-state index contributed by atoms with van der Waals surface area (Å²) in [6.45, 7) is 5.10. The van der Waals surface area contributed by atoms with Crippen LogP contribution >= 0.6 is 15.9 Å². The van der Waals surface area contributed by atoms with Crippen molar-refractivity contribution in [1.29, 1.82) is 0 Å². The Kier molecular flexibility index (Phi) is 8.04. The fourth-order valence-corrected chi connectivity index (χ4v) is 3.47. The van der Waals surface area contributed by atoms with Gasteiger partial charge in [-0.15, -0.1) is 0 Å². The van der Waals surface area contributed by atoms with E-state index in [-0.39, 0.29) is 11.9 Å². The molecule has 0 aliphatic carbocycles. The zero-order chi connectivity index (χ0) is 21.3. The average Bonchev–Trinajstić information content (AvgIpc) is 2.76. The van der Waals surface area contributed by atoms with E-state index in [1.165, 1.54) is 0 Å². The van der Waals surface area contributed by atoms with Crippen LogP contribution in [0.25, 0.3) is 0 Å². The lowest BCUT2D eigenvalue weighted by molar-refractivity contribution is 0.0953. The van der Waals surface area contributed by atoms with Crippen molar-refractivity contribution in [2.75, 3.05) is 51.2 Å². The van der Waals surface area contributed by atoms with E-state index in [2.05, 4.69) is 53.7 Å². The number of rotatable bonds is 7. The van der Waals surface area contributed by atoms with Gasteiger partial charge in [0, 0.05) is 62.0 Å². The number of carbonyl (C=O) groups is 2. The summed E-state index contributed by atoms with van der Waals surface area (Å²) in [6.07, 6.45) is 1.80. The first-order valence-electron chi connectivity index (χ1n) is 9.95. The minimum atomic E-state index is -0.283. The largest absolute Gasteiger partial charge is 0.354 e. The lowest BCUT2D eigenvalue weighted by Crippen LogP contribution is -2.44. The number of halogens is 1. The van der Waals surface area contributed by atoms with Gasteiger partial charge in [0.15, 0.2) is 0 Å². The molecule has 1 aromatic heterocycles. The van der Waals surface area contributed by atoms with Crippen molar-refractivity contribution in [3.05, 3.63) is 58.2 Å². The van der Waals surface area contributed by atoms with Gasteiger partial charge < -0.3 is 25.8 Å². The van der Waals surface area contributed by atoms with Crippen molar-refractivity contribution in [2.24, 2.45) is 0 Å². The van der Waals surface area contributed by atoms with Crippen LogP contribution in [0.4, 0.5) is 10.6 Å². The summed E-state index contributed by atoms with van der Waals surface area (Å²) in [7, 11) is 2.13. The molecule has 0 saturated carbocycles. The third-order valence-corrected chi connectivity index (χ3v) is 5.37. The van der Waals surface area contributed by atoms with Gasteiger partial charge in [0.05, 0.1) is 0 Å². The maximum atomic E-state index is 12.0. The third-order valence-electron chi connectivity index (χ3n) is 4.87. The summed E-state index contributed by atoms with van der Waals surface area (Å²) >= 11 is 3.34. The minimum absolute atomic E-state index is 0.176. The number of nitrogens with one attached hydrogen (secondary N) is 3. The first-order valence-corrected chi connectivity index (χ1v) is 10.7. The highest BCUT2D eigenvalue weighted by atomic mass is 79.9. The molecule has 2 heterocycles. The van der Waals surface area contributed by atoms with E-state index in [1.54, 1.807) is 24.4 Å². The van der Waals surface area contributed by atoms with Crippen LogP contribution < -0.4 is 20.9 Å². The molecule has 3 rings (SSSR count). The maximum absolute atomic E-state index is 12.0. The van der Waals surface area contributed by atoms with Gasteiger partial charge in [0.1, 0.15) is 5.82 Å². The van der Waals surface area contributed by atoms with Gasteiger partial charge in [-0.2, -0.15) is 0 Å². The Morgan fingerprint density at radius 3 is 2.50 bits per heavy atom. The molecule has 2 aromatic rings. The zero-order valence-corrected chi connectivity index (χ0v) is 18.6. The Morgan fingerprint density at radius 1 is 1.03 bits per heavy atom. The van der Waals surface area contributed by atoms with Crippen LogP contribution in [0, 0.1) is 0 Å². The number of likely N-dealkylation sites (N-methyl/N-ethyl adjacent to an activating group) is 1. The van der Waals surface area contributed by atoms with Gasteiger partial charge in [0.25, 0.3) is 5.91 Å². The number of nitrogens with zero attached hydrogens (tertiary/aromatic N) is 3. The number of urea groups is 1. The van der Waals surface area contributed by atoms with E-state index in [0.717, 1.165) is 42.0 Å². The number of hydrogen-bond acceptors (Lipinski definition) is 5. The van der Waals surface area contributed by atoms with Gasteiger partial charge in [-0.3, -0.25) is 4.79 Å². The van der Waals surface area contributed by atoms with Crippen LogP contribution in [0.15, 0.2) is 47.1 Å². The fourth-order valence-electron chi connectivity index (χ4n) is 3.07. The molecule has 1 aliphatic rings. The lowest BCUT2D eigenvalue weighted by atomic mass is 10.2. The number of aromatic nitrogens is 1. The second-order valence-corrected chi connectivity index (χ2v) is 8.11. The number of anilines is 1. The summed E-state index contributed by atoms with van der Waals surface area (Å²) in [6, 6.07) is 10.9. The van der Waals surface area contributed by atoms with E-state index >= 15 is 0 Å². The maximum Gasteiger partial charge on any atom is 0.315 e. The number of piperazine rings is 1. The molecule has 0 atom stereocenters. The highest BCUT2D eigenvalue weighted by molar-refractivity contribution is 9.10. The molecule has 0 bridgehead atoms. The topological polar surface area (TPSA) is 89.6 Å². The quantitative estimate of drug-likeness (QED) is 0.532. The molecule has 1 aliphatic heterocycles. The molecule has 0 spiro atoms. The number of hydrogen-bond donors (Lipinski definition) is 3. The summed E-state index contributed by atoms with van der Waals surface area (Å²) in [4.78, 5) is 33.1.